The lowest BCUT2D eigenvalue weighted by Crippen LogP contribution is -2.44. The lowest BCUT2D eigenvalue weighted by atomic mass is 9.71. The molecule has 0 aromatic carbocycles. The Balaban J connectivity index is 1.87. The number of ether oxygens (including phenoxy) is 2. The van der Waals surface area contributed by atoms with Gasteiger partial charge in [-0.25, -0.2) is 9.59 Å². The first-order valence-corrected chi connectivity index (χ1v) is 7.77. The molecule has 4 heteroatoms. The zero-order valence-corrected chi connectivity index (χ0v) is 12.3. The van der Waals surface area contributed by atoms with E-state index in [2.05, 4.69) is 13.2 Å². The van der Waals surface area contributed by atoms with E-state index in [0.29, 0.717) is 17.8 Å². The Morgan fingerprint density at radius 1 is 1.10 bits per heavy atom. The minimum Gasteiger partial charge on any atom is -0.421 e. The van der Waals surface area contributed by atoms with E-state index in [0.717, 1.165) is 37.8 Å². The van der Waals surface area contributed by atoms with Gasteiger partial charge in [0.2, 0.25) is 0 Å². The summed E-state index contributed by atoms with van der Waals surface area (Å²) in [5.74, 6) is 0.861. The van der Waals surface area contributed by atoms with E-state index in [1.165, 1.54) is 12.8 Å². The van der Waals surface area contributed by atoms with Crippen molar-refractivity contribution in [1.29, 1.82) is 0 Å². The van der Waals surface area contributed by atoms with Crippen molar-refractivity contribution in [2.24, 2.45) is 23.2 Å². The van der Waals surface area contributed by atoms with Crippen LogP contribution in [0.2, 0.25) is 0 Å². The molecule has 4 unspecified atom stereocenters. The SMILES string of the molecule is C=CC(=O)OC(OC(=O)C=C)C12CCC(C1)C1CCCC12. The highest BCUT2D eigenvalue weighted by Gasteiger charge is 2.64. The summed E-state index contributed by atoms with van der Waals surface area (Å²) in [6.07, 6.45) is 8.20. The highest BCUT2D eigenvalue weighted by atomic mass is 16.7. The minimum atomic E-state index is -0.799. The molecule has 3 aliphatic rings. The van der Waals surface area contributed by atoms with Crippen molar-refractivity contribution in [3.05, 3.63) is 25.3 Å². The lowest BCUT2D eigenvalue weighted by Gasteiger charge is -2.40. The molecule has 0 radical (unpaired) electrons. The van der Waals surface area contributed by atoms with Gasteiger partial charge in [-0.2, -0.15) is 0 Å². The van der Waals surface area contributed by atoms with Gasteiger partial charge in [-0.05, 0) is 49.9 Å². The maximum absolute atomic E-state index is 11.7. The molecular formula is C17H22O4. The molecule has 3 saturated carbocycles. The fraction of sp³-hybridized carbons (Fsp3) is 0.647. The quantitative estimate of drug-likeness (QED) is 0.444. The Morgan fingerprint density at radius 3 is 2.38 bits per heavy atom. The van der Waals surface area contributed by atoms with E-state index >= 15 is 0 Å². The Labute approximate surface area is 125 Å². The summed E-state index contributed by atoms with van der Waals surface area (Å²) in [6, 6.07) is 0. The summed E-state index contributed by atoms with van der Waals surface area (Å²) < 4.78 is 10.9. The number of esters is 2. The number of fused-ring (bicyclic) bond motifs is 5. The van der Waals surface area contributed by atoms with E-state index in [9.17, 15) is 9.59 Å². The van der Waals surface area contributed by atoms with Crippen LogP contribution in [0.15, 0.2) is 25.3 Å². The van der Waals surface area contributed by atoms with Gasteiger partial charge in [0.05, 0.1) is 0 Å². The van der Waals surface area contributed by atoms with Gasteiger partial charge < -0.3 is 9.47 Å². The van der Waals surface area contributed by atoms with Crippen LogP contribution in [0.3, 0.4) is 0 Å². The molecule has 2 bridgehead atoms. The van der Waals surface area contributed by atoms with Crippen molar-refractivity contribution >= 4 is 11.9 Å². The molecule has 4 nitrogen and oxygen atoms in total. The molecule has 114 valence electrons. The maximum Gasteiger partial charge on any atom is 0.333 e. The lowest BCUT2D eigenvalue weighted by molar-refractivity contribution is -0.213. The number of hydrogen-bond acceptors (Lipinski definition) is 4. The largest absolute Gasteiger partial charge is 0.421 e. The van der Waals surface area contributed by atoms with E-state index in [1.54, 1.807) is 0 Å². The number of hydrogen-bond donors (Lipinski definition) is 0. The molecule has 0 amide bonds. The van der Waals surface area contributed by atoms with Crippen LogP contribution in [0.4, 0.5) is 0 Å². The topological polar surface area (TPSA) is 52.6 Å². The van der Waals surface area contributed by atoms with E-state index < -0.39 is 18.2 Å². The summed E-state index contributed by atoms with van der Waals surface area (Å²) in [5, 5.41) is 0. The molecule has 0 spiro atoms. The van der Waals surface area contributed by atoms with E-state index in [-0.39, 0.29) is 5.41 Å². The van der Waals surface area contributed by atoms with Gasteiger partial charge >= 0.3 is 11.9 Å². The summed E-state index contributed by atoms with van der Waals surface area (Å²) >= 11 is 0. The summed E-state index contributed by atoms with van der Waals surface area (Å²) in [5.41, 5.74) is -0.191. The van der Waals surface area contributed by atoms with Gasteiger partial charge in [0.1, 0.15) is 0 Å². The molecule has 0 saturated heterocycles. The first-order chi connectivity index (χ1) is 10.1. The third kappa shape index (κ3) is 2.21. The fourth-order valence-corrected chi connectivity index (χ4v) is 5.07. The molecule has 3 fully saturated rings. The number of carbonyl (C=O) groups is 2. The molecule has 4 atom stereocenters. The molecular weight excluding hydrogens is 268 g/mol. The van der Waals surface area contributed by atoms with Crippen LogP contribution in [0.1, 0.15) is 38.5 Å². The summed E-state index contributed by atoms with van der Waals surface area (Å²) in [7, 11) is 0. The maximum atomic E-state index is 11.7. The predicted molar refractivity (Wildman–Crippen MR) is 77.0 cm³/mol. The Hall–Kier alpha value is -1.58. The molecule has 0 aromatic heterocycles. The molecule has 0 N–H and O–H groups in total. The monoisotopic (exact) mass is 290 g/mol. The van der Waals surface area contributed by atoms with Crippen LogP contribution >= 0.6 is 0 Å². The normalized spacial score (nSPS) is 36.3. The second kappa shape index (κ2) is 5.32. The molecule has 0 aromatic rings. The fourth-order valence-electron chi connectivity index (χ4n) is 5.07. The van der Waals surface area contributed by atoms with Crippen LogP contribution in [0, 0.1) is 23.2 Å². The number of rotatable bonds is 5. The van der Waals surface area contributed by atoms with Gasteiger partial charge in [0.25, 0.3) is 6.29 Å². The smallest absolute Gasteiger partial charge is 0.333 e. The first kappa shape index (κ1) is 14.4. The highest BCUT2D eigenvalue weighted by molar-refractivity contribution is 5.83. The third-order valence-electron chi connectivity index (χ3n) is 5.79. The van der Waals surface area contributed by atoms with Crippen molar-refractivity contribution in [3.63, 3.8) is 0 Å². The van der Waals surface area contributed by atoms with E-state index in [1.807, 2.05) is 0 Å². The van der Waals surface area contributed by atoms with E-state index in [4.69, 9.17) is 9.47 Å². The zero-order chi connectivity index (χ0) is 15.0. The van der Waals surface area contributed by atoms with Crippen LogP contribution in [0.5, 0.6) is 0 Å². The molecule has 3 aliphatic carbocycles. The summed E-state index contributed by atoms with van der Waals surface area (Å²) in [6.45, 7) is 6.86. The third-order valence-corrected chi connectivity index (χ3v) is 5.79. The van der Waals surface area contributed by atoms with Crippen LogP contribution in [-0.2, 0) is 19.1 Å². The van der Waals surface area contributed by atoms with Gasteiger partial charge in [-0.15, -0.1) is 0 Å². The van der Waals surface area contributed by atoms with Crippen molar-refractivity contribution in [2.75, 3.05) is 0 Å². The van der Waals surface area contributed by atoms with Crippen molar-refractivity contribution in [2.45, 2.75) is 44.8 Å². The van der Waals surface area contributed by atoms with Crippen molar-refractivity contribution in [3.8, 4) is 0 Å². The predicted octanol–water partition coefficient (Wildman–Crippen LogP) is 2.99. The van der Waals surface area contributed by atoms with Gasteiger partial charge in [0.15, 0.2) is 0 Å². The number of carbonyl (C=O) groups excluding carboxylic acids is 2. The molecule has 21 heavy (non-hydrogen) atoms. The second-order valence-electron chi connectivity index (χ2n) is 6.55. The second-order valence-corrected chi connectivity index (χ2v) is 6.55. The zero-order valence-electron chi connectivity index (χ0n) is 12.3. The molecule has 0 heterocycles. The molecule has 3 rings (SSSR count). The van der Waals surface area contributed by atoms with Gasteiger partial charge in [-0.3, -0.25) is 0 Å². The van der Waals surface area contributed by atoms with Crippen molar-refractivity contribution < 1.29 is 19.1 Å². The summed E-state index contributed by atoms with van der Waals surface area (Å²) in [4.78, 5) is 23.3. The highest BCUT2D eigenvalue weighted by Crippen LogP contribution is 2.67. The van der Waals surface area contributed by atoms with Gasteiger partial charge in [0, 0.05) is 17.6 Å². The van der Waals surface area contributed by atoms with Crippen molar-refractivity contribution in [1.82, 2.24) is 0 Å². The van der Waals surface area contributed by atoms with Crippen LogP contribution < -0.4 is 0 Å². The average molecular weight is 290 g/mol. The minimum absolute atomic E-state index is 0.191. The van der Waals surface area contributed by atoms with Gasteiger partial charge in [-0.1, -0.05) is 19.6 Å². The Kier molecular flexibility index (Phi) is 3.64. The van der Waals surface area contributed by atoms with Crippen LogP contribution in [0.25, 0.3) is 0 Å². The molecule has 0 aliphatic heterocycles. The average Bonchev–Trinajstić information content (AvgIpc) is 3.18. The Morgan fingerprint density at radius 2 is 1.76 bits per heavy atom. The standard InChI is InChI=1S/C17H22O4/c1-3-14(18)20-16(21-15(19)4-2)17-9-8-11(10-17)12-6-5-7-13(12)17/h3-4,11-13,16H,1-2,5-10H2. The Bertz CT molecular complexity index is 461. The first-order valence-electron chi connectivity index (χ1n) is 7.77. The van der Waals surface area contributed by atoms with Crippen LogP contribution in [-0.4, -0.2) is 18.2 Å².